The van der Waals surface area contributed by atoms with Gasteiger partial charge in [-0.15, -0.1) is 0 Å². The van der Waals surface area contributed by atoms with E-state index < -0.39 is 0 Å². The topological polar surface area (TPSA) is 12.0 Å². The van der Waals surface area contributed by atoms with E-state index in [-0.39, 0.29) is 10.3 Å². The molecule has 2 heteroatoms. The van der Waals surface area contributed by atoms with Gasteiger partial charge in [0.25, 0.3) is 0 Å². The molecule has 0 radical (unpaired) electrons. The van der Waals surface area contributed by atoms with Crippen LogP contribution in [0, 0.1) is 6.92 Å². The molecule has 1 aliphatic heterocycles. The molecule has 1 nitrogen and oxygen atoms in total. The molecule has 1 atom stereocenters. The summed E-state index contributed by atoms with van der Waals surface area (Å²) in [5.41, 5.74) is 3.98. The molecule has 0 saturated carbocycles. The first-order valence-corrected chi connectivity index (χ1v) is 5.87. The summed E-state index contributed by atoms with van der Waals surface area (Å²) in [5, 5.41) is 3.57. The fraction of sp³-hybridized carbons (Fsp3) is 0.538. The smallest absolute Gasteiger partial charge is 0.0392 e. The first kappa shape index (κ1) is 10.9. The summed E-state index contributed by atoms with van der Waals surface area (Å²) >= 11 is 4.82. The number of hydrogen-bond donors (Lipinski definition) is 2. The predicted molar refractivity (Wildman–Crippen MR) is 69.8 cm³/mol. The van der Waals surface area contributed by atoms with E-state index in [1.54, 1.807) is 0 Å². The number of rotatable bonds is 0. The Morgan fingerprint density at radius 3 is 2.60 bits per heavy atom. The highest BCUT2D eigenvalue weighted by Gasteiger charge is 2.37. The second-order valence-corrected chi connectivity index (χ2v) is 6.50. The Hall–Kier alpha value is -0.630. The van der Waals surface area contributed by atoms with Crippen LogP contribution in [0.25, 0.3) is 0 Å². The van der Waals surface area contributed by atoms with E-state index in [2.05, 4.69) is 51.2 Å². The third-order valence-corrected chi connectivity index (χ3v) is 3.41. The minimum absolute atomic E-state index is 0.0316. The maximum Gasteiger partial charge on any atom is 0.0392 e. The van der Waals surface area contributed by atoms with Gasteiger partial charge in [0.2, 0.25) is 0 Å². The molecule has 82 valence electrons. The third kappa shape index (κ3) is 2.00. The Morgan fingerprint density at radius 2 is 1.93 bits per heavy atom. The molecule has 15 heavy (non-hydrogen) atoms. The monoisotopic (exact) mass is 221 g/mol. The number of nitrogens with one attached hydrogen (secondary N) is 1. The highest BCUT2D eigenvalue weighted by atomic mass is 32.1. The first-order valence-electron chi connectivity index (χ1n) is 5.42. The van der Waals surface area contributed by atoms with Crippen LogP contribution in [0.3, 0.4) is 0 Å². The van der Waals surface area contributed by atoms with Gasteiger partial charge in [0, 0.05) is 16.0 Å². The van der Waals surface area contributed by atoms with Gasteiger partial charge in [-0.1, -0.05) is 17.7 Å². The van der Waals surface area contributed by atoms with E-state index in [4.69, 9.17) is 12.6 Å². The summed E-state index contributed by atoms with van der Waals surface area (Å²) in [5.74, 6) is 0. The summed E-state index contributed by atoms with van der Waals surface area (Å²) in [6.45, 7) is 8.79. The Kier molecular flexibility index (Phi) is 2.30. The number of aryl methyl sites for hydroxylation is 1. The van der Waals surface area contributed by atoms with Crippen molar-refractivity contribution in [2.45, 2.75) is 44.4 Å². The molecule has 0 bridgehead atoms. The lowest BCUT2D eigenvalue weighted by Crippen LogP contribution is -2.42. The molecule has 0 amide bonds. The van der Waals surface area contributed by atoms with Crippen LogP contribution in [0.5, 0.6) is 0 Å². The van der Waals surface area contributed by atoms with Gasteiger partial charge in [-0.05, 0) is 45.7 Å². The van der Waals surface area contributed by atoms with Crippen LogP contribution in [0.15, 0.2) is 18.2 Å². The second kappa shape index (κ2) is 3.18. The average molecular weight is 221 g/mol. The molecule has 1 aliphatic rings. The van der Waals surface area contributed by atoms with Gasteiger partial charge in [0.1, 0.15) is 0 Å². The molecule has 1 N–H and O–H groups in total. The minimum Gasteiger partial charge on any atom is -0.380 e. The van der Waals surface area contributed by atoms with E-state index in [9.17, 15) is 0 Å². The summed E-state index contributed by atoms with van der Waals surface area (Å²) in [4.78, 5) is 0. The first-order chi connectivity index (χ1) is 6.80. The van der Waals surface area contributed by atoms with Crippen molar-refractivity contribution in [3.8, 4) is 0 Å². The van der Waals surface area contributed by atoms with Gasteiger partial charge in [-0.2, -0.15) is 12.6 Å². The zero-order chi connectivity index (χ0) is 11.3. The molecule has 1 unspecified atom stereocenters. The number of thiol groups is 1. The van der Waals surface area contributed by atoms with Crippen LogP contribution in [-0.4, -0.2) is 5.54 Å². The summed E-state index contributed by atoms with van der Waals surface area (Å²) in [7, 11) is 0. The molecule has 0 fully saturated rings. The minimum atomic E-state index is -0.0316. The van der Waals surface area contributed by atoms with Gasteiger partial charge in [-0.25, -0.2) is 0 Å². The van der Waals surface area contributed by atoms with Crippen LogP contribution in [0.1, 0.15) is 38.3 Å². The Bertz CT molecular complexity index is 394. The zero-order valence-corrected chi connectivity index (χ0v) is 10.8. The fourth-order valence-electron chi connectivity index (χ4n) is 2.58. The lowest BCUT2D eigenvalue weighted by molar-refractivity contribution is 0.429. The summed E-state index contributed by atoms with van der Waals surface area (Å²) in [6.07, 6.45) is 1.04. The highest BCUT2D eigenvalue weighted by molar-refractivity contribution is 7.81. The number of fused-ring (bicyclic) bond motifs is 1. The molecule has 0 aliphatic carbocycles. The Labute approximate surface area is 97.7 Å². The Balaban J connectivity index is 2.55. The zero-order valence-electron chi connectivity index (χ0n) is 9.89. The molecular formula is C13H19NS. The van der Waals surface area contributed by atoms with Crippen molar-refractivity contribution >= 4 is 18.3 Å². The normalized spacial score (nSPS) is 28.1. The van der Waals surface area contributed by atoms with Crippen LogP contribution < -0.4 is 5.32 Å². The van der Waals surface area contributed by atoms with Gasteiger partial charge in [0.05, 0.1) is 0 Å². The van der Waals surface area contributed by atoms with E-state index >= 15 is 0 Å². The van der Waals surface area contributed by atoms with Crippen molar-refractivity contribution in [2.24, 2.45) is 0 Å². The molecule has 1 heterocycles. The van der Waals surface area contributed by atoms with Crippen LogP contribution in [0.4, 0.5) is 5.69 Å². The molecule has 0 aromatic heterocycles. The van der Waals surface area contributed by atoms with Crippen molar-refractivity contribution < 1.29 is 0 Å². The quantitative estimate of drug-likeness (QED) is 0.636. The van der Waals surface area contributed by atoms with E-state index in [1.165, 1.54) is 16.8 Å². The fourth-order valence-corrected chi connectivity index (χ4v) is 3.16. The lowest BCUT2D eigenvalue weighted by Gasteiger charge is -2.43. The number of anilines is 1. The number of benzene rings is 1. The second-order valence-electron chi connectivity index (χ2n) is 5.51. The largest absolute Gasteiger partial charge is 0.380 e. The number of hydrogen-bond acceptors (Lipinski definition) is 2. The maximum atomic E-state index is 4.82. The van der Waals surface area contributed by atoms with Crippen molar-refractivity contribution in [3.63, 3.8) is 0 Å². The summed E-state index contributed by atoms with van der Waals surface area (Å²) in [6, 6.07) is 6.56. The average Bonchev–Trinajstić information content (AvgIpc) is 2.03. The van der Waals surface area contributed by atoms with Crippen molar-refractivity contribution in [2.75, 3.05) is 5.32 Å². The molecule has 0 saturated heterocycles. The standard InChI is InChI=1S/C13H19NS/c1-9-5-6-11-10(7-9)13(4,15)8-12(2,3)14-11/h5-7,14-15H,8H2,1-4H3. The Morgan fingerprint density at radius 1 is 1.27 bits per heavy atom. The van der Waals surface area contributed by atoms with Gasteiger partial charge in [0.15, 0.2) is 0 Å². The van der Waals surface area contributed by atoms with Crippen molar-refractivity contribution in [1.82, 2.24) is 0 Å². The van der Waals surface area contributed by atoms with Crippen LogP contribution >= 0.6 is 12.6 Å². The van der Waals surface area contributed by atoms with Crippen LogP contribution in [-0.2, 0) is 4.75 Å². The van der Waals surface area contributed by atoms with Gasteiger partial charge < -0.3 is 5.32 Å². The molecule has 0 spiro atoms. The molecule has 2 rings (SSSR count). The van der Waals surface area contributed by atoms with Gasteiger partial charge >= 0.3 is 0 Å². The van der Waals surface area contributed by atoms with E-state index in [1.807, 2.05) is 0 Å². The molecular weight excluding hydrogens is 202 g/mol. The van der Waals surface area contributed by atoms with Crippen molar-refractivity contribution in [3.05, 3.63) is 29.3 Å². The van der Waals surface area contributed by atoms with Crippen LogP contribution in [0.2, 0.25) is 0 Å². The molecule has 1 aromatic rings. The lowest BCUT2D eigenvalue weighted by atomic mass is 9.80. The highest BCUT2D eigenvalue weighted by Crippen LogP contribution is 2.45. The SMILES string of the molecule is Cc1ccc2c(c1)C(C)(S)CC(C)(C)N2. The summed E-state index contributed by atoms with van der Waals surface area (Å²) < 4.78 is -0.0316. The van der Waals surface area contributed by atoms with Gasteiger partial charge in [-0.3, -0.25) is 0 Å². The maximum absolute atomic E-state index is 4.82. The predicted octanol–water partition coefficient (Wildman–Crippen LogP) is 3.73. The van der Waals surface area contributed by atoms with E-state index in [0.717, 1.165) is 6.42 Å². The van der Waals surface area contributed by atoms with E-state index in [0.29, 0.717) is 0 Å². The third-order valence-electron chi connectivity index (χ3n) is 3.01. The van der Waals surface area contributed by atoms with Crippen molar-refractivity contribution in [1.29, 1.82) is 0 Å². The molecule has 1 aromatic carbocycles.